The zero-order valence-electron chi connectivity index (χ0n) is 15.2. The van der Waals surface area contributed by atoms with Gasteiger partial charge in [-0.05, 0) is 77.5 Å². The van der Waals surface area contributed by atoms with Gasteiger partial charge in [0, 0.05) is 24.0 Å². The van der Waals surface area contributed by atoms with Gasteiger partial charge in [0.2, 0.25) is 5.91 Å². The van der Waals surface area contributed by atoms with E-state index in [0.29, 0.717) is 11.9 Å². The van der Waals surface area contributed by atoms with Crippen LogP contribution in [-0.4, -0.2) is 60.0 Å². The third-order valence-corrected chi connectivity index (χ3v) is 6.93. The predicted octanol–water partition coefficient (Wildman–Crippen LogP) is 2.77. The number of hydrogen-bond acceptors (Lipinski definition) is 3. The van der Waals surface area contributed by atoms with Gasteiger partial charge in [-0.25, -0.2) is 0 Å². The summed E-state index contributed by atoms with van der Waals surface area (Å²) in [4.78, 5) is 17.7. The molecular formula is C20H35N3O. The second-order valence-corrected chi connectivity index (χ2v) is 8.65. The Bertz CT molecular complexity index is 415. The van der Waals surface area contributed by atoms with Gasteiger partial charge < -0.3 is 15.1 Å². The number of nitrogens with zero attached hydrogens (tertiary/aromatic N) is 2. The summed E-state index contributed by atoms with van der Waals surface area (Å²) in [7, 11) is 0. The van der Waals surface area contributed by atoms with Crippen molar-refractivity contribution in [1.82, 2.24) is 15.1 Å². The van der Waals surface area contributed by atoms with Gasteiger partial charge in [0.05, 0.1) is 0 Å². The summed E-state index contributed by atoms with van der Waals surface area (Å²) in [5.74, 6) is 0.619. The summed E-state index contributed by atoms with van der Waals surface area (Å²) in [6.07, 6.45) is 14.4. The first-order valence-corrected chi connectivity index (χ1v) is 10.6. The second-order valence-electron chi connectivity index (χ2n) is 8.65. The van der Waals surface area contributed by atoms with E-state index in [2.05, 4.69) is 15.1 Å². The van der Waals surface area contributed by atoms with E-state index in [4.69, 9.17) is 0 Å². The van der Waals surface area contributed by atoms with Crippen LogP contribution in [-0.2, 0) is 4.79 Å². The Balaban J connectivity index is 1.18. The van der Waals surface area contributed by atoms with Crippen LogP contribution in [0.5, 0.6) is 0 Å². The fourth-order valence-corrected chi connectivity index (χ4v) is 5.14. The van der Waals surface area contributed by atoms with Crippen molar-refractivity contribution in [3.8, 4) is 0 Å². The number of carbonyl (C=O) groups excluding carboxylic acids is 1. The monoisotopic (exact) mass is 333 g/mol. The smallest absolute Gasteiger partial charge is 0.223 e. The molecule has 2 saturated heterocycles. The molecule has 1 N–H and O–H groups in total. The molecule has 1 amide bonds. The molecule has 2 aliphatic carbocycles. The van der Waals surface area contributed by atoms with Gasteiger partial charge in [-0.1, -0.05) is 19.3 Å². The Morgan fingerprint density at radius 1 is 0.667 bits per heavy atom. The molecule has 0 radical (unpaired) electrons. The molecule has 0 bridgehead atoms. The average molecular weight is 334 g/mol. The normalized spacial score (nSPS) is 29.7. The molecule has 0 unspecified atom stereocenters. The summed E-state index contributed by atoms with van der Waals surface area (Å²) in [6.45, 7) is 4.88. The van der Waals surface area contributed by atoms with Crippen LogP contribution in [0.4, 0.5) is 0 Å². The highest BCUT2D eigenvalue weighted by molar-refractivity contribution is 5.79. The Kier molecular flexibility index (Phi) is 5.43. The van der Waals surface area contributed by atoms with Gasteiger partial charge in [-0.2, -0.15) is 0 Å². The second kappa shape index (κ2) is 7.74. The first-order valence-electron chi connectivity index (χ1n) is 10.6. The van der Waals surface area contributed by atoms with Gasteiger partial charge in [0.1, 0.15) is 0 Å². The SMILES string of the molecule is O=C(NC1CC1)C1CCN(C2CCN(C3CCCCC3)CC2)CC1. The lowest BCUT2D eigenvalue weighted by atomic mass is 9.90. The fourth-order valence-electron chi connectivity index (χ4n) is 5.14. The molecule has 4 fully saturated rings. The molecule has 0 atom stereocenters. The topological polar surface area (TPSA) is 35.6 Å². The quantitative estimate of drug-likeness (QED) is 0.859. The minimum absolute atomic E-state index is 0.282. The number of rotatable bonds is 4. The maximum Gasteiger partial charge on any atom is 0.223 e. The summed E-state index contributed by atoms with van der Waals surface area (Å²) < 4.78 is 0. The predicted molar refractivity (Wildman–Crippen MR) is 96.9 cm³/mol. The summed E-state index contributed by atoms with van der Waals surface area (Å²) in [5.41, 5.74) is 0. The van der Waals surface area contributed by atoms with E-state index in [9.17, 15) is 4.79 Å². The molecule has 0 aromatic carbocycles. The van der Waals surface area contributed by atoms with Gasteiger partial charge in [-0.15, -0.1) is 0 Å². The average Bonchev–Trinajstić information content (AvgIpc) is 3.47. The van der Waals surface area contributed by atoms with Crippen LogP contribution in [0.1, 0.15) is 70.6 Å². The van der Waals surface area contributed by atoms with E-state index in [1.54, 1.807) is 0 Å². The van der Waals surface area contributed by atoms with Crippen molar-refractivity contribution in [1.29, 1.82) is 0 Å². The molecule has 2 heterocycles. The highest BCUT2D eigenvalue weighted by Gasteiger charge is 2.33. The number of amides is 1. The third-order valence-electron chi connectivity index (χ3n) is 6.93. The van der Waals surface area contributed by atoms with Gasteiger partial charge in [0.25, 0.3) is 0 Å². The number of likely N-dealkylation sites (tertiary alicyclic amines) is 2. The lowest BCUT2D eigenvalue weighted by Crippen LogP contribution is -2.51. The van der Waals surface area contributed by atoms with E-state index in [1.165, 1.54) is 70.9 Å². The number of piperidine rings is 2. The summed E-state index contributed by atoms with van der Waals surface area (Å²) in [6, 6.07) is 2.17. The van der Waals surface area contributed by atoms with Crippen molar-refractivity contribution < 1.29 is 4.79 Å². The first-order chi connectivity index (χ1) is 11.8. The zero-order valence-corrected chi connectivity index (χ0v) is 15.2. The Morgan fingerprint density at radius 2 is 1.21 bits per heavy atom. The largest absolute Gasteiger partial charge is 0.353 e. The van der Waals surface area contributed by atoms with Crippen LogP contribution in [0, 0.1) is 5.92 Å². The number of nitrogens with one attached hydrogen (secondary N) is 1. The minimum atomic E-state index is 0.282. The Labute approximate surface area is 147 Å². The van der Waals surface area contributed by atoms with Gasteiger partial charge in [0.15, 0.2) is 0 Å². The summed E-state index contributed by atoms with van der Waals surface area (Å²) in [5, 5.41) is 3.20. The Hall–Kier alpha value is -0.610. The van der Waals surface area contributed by atoms with Crippen LogP contribution in [0.2, 0.25) is 0 Å². The minimum Gasteiger partial charge on any atom is -0.353 e. The van der Waals surface area contributed by atoms with Crippen molar-refractivity contribution in [2.45, 2.75) is 88.8 Å². The summed E-state index contributed by atoms with van der Waals surface area (Å²) >= 11 is 0. The first kappa shape index (κ1) is 16.8. The van der Waals surface area contributed by atoms with Crippen molar-refractivity contribution in [2.24, 2.45) is 5.92 Å². The number of hydrogen-bond donors (Lipinski definition) is 1. The zero-order chi connectivity index (χ0) is 16.4. The highest BCUT2D eigenvalue weighted by Crippen LogP contribution is 2.29. The maximum absolute atomic E-state index is 12.2. The van der Waals surface area contributed by atoms with E-state index in [-0.39, 0.29) is 5.92 Å². The molecule has 4 nitrogen and oxygen atoms in total. The molecule has 2 saturated carbocycles. The maximum atomic E-state index is 12.2. The van der Waals surface area contributed by atoms with Crippen molar-refractivity contribution >= 4 is 5.91 Å². The molecule has 136 valence electrons. The van der Waals surface area contributed by atoms with Gasteiger partial charge in [-0.3, -0.25) is 4.79 Å². The van der Waals surface area contributed by atoms with E-state index in [0.717, 1.165) is 38.0 Å². The van der Waals surface area contributed by atoms with Crippen molar-refractivity contribution in [3.63, 3.8) is 0 Å². The molecule has 24 heavy (non-hydrogen) atoms. The van der Waals surface area contributed by atoms with Crippen molar-refractivity contribution in [3.05, 3.63) is 0 Å². The lowest BCUT2D eigenvalue weighted by molar-refractivity contribution is -0.126. The molecule has 4 aliphatic rings. The molecule has 2 aliphatic heterocycles. The van der Waals surface area contributed by atoms with Gasteiger partial charge >= 0.3 is 0 Å². The van der Waals surface area contributed by atoms with Crippen molar-refractivity contribution in [2.75, 3.05) is 26.2 Å². The third kappa shape index (κ3) is 4.13. The Morgan fingerprint density at radius 3 is 1.79 bits per heavy atom. The van der Waals surface area contributed by atoms with Crippen LogP contribution < -0.4 is 5.32 Å². The molecule has 0 aromatic heterocycles. The highest BCUT2D eigenvalue weighted by atomic mass is 16.2. The van der Waals surface area contributed by atoms with Crippen LogP contribution >= 0.6 is 0 Å². The van der Waals surface area contributed by atoms with Crippen LogP contribution in [0.25, 0.3) is 0 Å². The fraction of sp³-hybridized carbons (Fsp3) is 0.950. The standard InChI is InChI=1S/C20H35N3O/c24-20(21-17-6-7-17)16-8-12-22(13-9-16)19-10-14-23(15-11-19)18-4-2-1-3-5-18/h16-19H,1-15H2,(H,21,24). The van der Waals surface area contributed by atoms with Crippen LogP contribution in [0.15, 0.2) is 0 Å². The molecule has 0 aromatic rings. The number of carbonyl (C=O) groups is 1. The van der Waals surface area contributed by atoms with E-state index >= 15 is 0 Å². The van der Waals surface area contributed by atoms with Crippen LogP contribution in [0.3, 0.4) is 0 Å². The van der Waals surface area contributed by atoms with E-state index in [1.807, 2.05) is 0 Å². The molecule has 4 heteroatoms. The molecular weight excluding hydrogens is 298 g/mol. The molecule has 4 rings (SSSR count). The van der Waals surface area contributed by atoms with E-state index < -0.39 is 0 Å². The lowest BCUT2D eigenvalue weighted by Gasteiger charge is -2.44. The molecule has 0 spiro atoms.